The van der Waals surface area contributed by atoms with E-state index in [0.29, 0.717) is 6.42 Å². The fourth-order valence-corrected chi connectivity index (χ4v) is 5.56. The molecular weight excluding hydrogens is 392 g/mol. The van der Waals surface area contributed by atoms with Crippen LogP contribution < -0.4 is 0 Å². The van der Waals surface area contributed by atoms with Crippen molar-refractivity contribution in [3.63, 3.8) is 0 Å². The van der Waals surface area contributed by atoms with Gasteiger partial charge in [0.25, 0.3) is 5.91 Å². The molecular formula is C20H30N2O4SSi. The van der Waals surface area contributed by atoms with Crippen LogP contribution in [0.4, 0.5) is 0 Å². The number of hydrogen-bond acceptors (Lipinski definition) is 5. The highest BCUT2D eigenvalue weighted by atomic mass is 32.2. The van der Waals surface area contributed by atoms with Crippen molar-refractivity contribution >= 4 is 37.8 Å². The highest BCUT2D eigenvalue weighted by molar-refractivity contribution is 8.01. The number of carbonyl (C=O) groups excluding carboxylic acids is 3. The third-order valence-electron chi connectivity index (χ3n) is 5.78. The minimum atomic E-state index is -2.02. The van der Waals surface area contributed by atoms with E-state index in [0.717, 1.165) is 10.5 Å². The third-order valence-corrected chi connectivity index (χ3v) is 11.8. The van der Waals surface area contributed by atoms with Gasteiger partial charge in [-0.15, -0.1) is 0 Å². The lowest BCUT2D eigenvalue weighted by Crippen LogP contribution is -2.67. The maximum atomic E-state index is 13.2. The van der Waals surface area contributed by atoms with Crippen LogP contribution in [0.25, 0.3) is 0 Å². The van der Waals surface area contributed by atoms with Gasteiger partial charge in [0.05, 0.1) is 5.94 Å². The molecule has 1 fully saturated rings. The number of carbonyl (C=O) groups is 3. The average molecular weight is 423 g/mol. The molecule has 154 valence electrons. The highest BCUT2D eigenvalue weighted by Gasteiger charge is 2.54. The molecule has 8 heteroatoms. The van der Waals surface area contributed by atoms with E-state index in [1.807, 2.05) is 30.3 Å². The van der Waals surface area contributed by atoms with Crippen LogP contribution in [0.15, 0.2) is 30.3 Å². The predicted molar refractivity (Wildman–Crippen MR) is 114 cm³/mol. The van der Waals surface area contributed by atoms with Gasteiger partial charge >= 0.3 is 11.8 Å². The molecule has 0 aromatic heterocycles. The Bertz CT molecular complexity index is 763. The molecule has 1 heterocycles. The Morgan fingerprint density at radius 3 is 2.14 bits per heavy atom. The van der Waals surface area contributed by atoms with Crippen LogP contribution in [0.3, 0.4) is 0 Å². The maximum Gasteiger partial charge on any atom is 0.318 e. The molecule has 1 aliphatic rings. The molecule has 0 bridgehead atoms. The second kappa shape index (κ2) is 8.00. The smallest absolute Gasteiger partial charge is 0.318 e. The first-order chi connectivity index (χ1) is 12.8. The van der Waals surface area contributed by atoms with Gasteiger partial charge in [-0.2, -0.15) is 0 Å². The van der Waals surface area contributed by atoms with E-state index in [-0.39, 0.29) is 11.0 Å². The first-order valence-corrected chi connectivity index (χ1v) is 13.1. The van der Waals surface area contributed by atoms with Gasteiger partial charge in [0.2, 0.25) is 0 Å². The lowest BCUT2D eigenvalue weighted by molar-refractivity contribution is -0.166. The average Bonchev–Trinajstić information content (AvgIpc) is 2.63. The molecule has 1 unspecified atom stereocenters. The second-order valence-corrected chi connectivity index (χ2v) is 14.7. The highest BCUT2D eigenvalue weighted by Crippen LogP contribution is 2.41. The Kier molecular flexibility index (Phi) is 6.47. The number of benzene rings is 1. The fraction of sp³-hybridized carbons (Fsp3) is 0.550. The van der Waals surface area contributed by atoms with E-state index in [1.165, 1.54) is 30.8 Å². The van der Waals surface area contributed by atoms with Crippen molar-refractivity contribution in [2.45, 2.75) is 50.2 Å². The zero-order valence-electron chi connectivity index (χ0n) is 17.7. The number of likely N-dealkylation sites (N-methyl/N-ethyl adjacent to an activating group) is 2. The van der Waals surface area contributed by atoms with Crippen molar-refractivity contribution in [1.29, 1.82) is 0 Å². The van der Waals surface area contributed by atoms with Crippen LogP contribution in [-0.2, 0) is 25.2 Å². The quantitative estimate of drug-likeness (QED) is 0.305. The molecule has 2 rings (SSSR count). The first kappa shape index (κ1) is 22.6. The summed E-state index contributed by atoms with van der Waals surface area (Å²) in [6.45, 7) is 10.7. The monoisotopic (exact) mass is 422 g/mol. The molecule has 1 atom stereocenters. The number of imide groups is 1. The van der Waals surface area contributed by atoms with Crippen molar-refractivity contribution < 1.29 is 18.8 Å². The molecule has 28 heavy (non-hydrogen) atoms. The summed E-state index contributed by atoms with van der Waals surface area (Å²) in [4.78, 5) is 38.9. The molecule has 3 amide bonds. The fourth-order valence-electron chi connectivity index (χ4n) is 2.72. The van der Waals surface area contributed by atoms with E-state index < -0.39 is 30.9 Å². The first-order valence-electron chi connectivity index (χ1n) is 9.25. The van der Waals surface area contributed by atoms with Gasteiger partial charge in [-0.3, -0.25) is 19.3 Å². The summed E-state index contributed by atoms with van der Waals surface area (Å²) >= 11 is 1.28. The predicted octanol–water partition coefficient (Wildman–Crippen LogP) is 3.09. The number of thioether (sulfide) groups is 1. The van der Waals surface area contributed by atoms with Gasteiger partial charge < -0.3 is 9.33 Å². The van der Waals surface area contributed by atoms with Crippen molar-refractivity contribution in [3.05, 3.63) is 35.9 Å². The van der Waals surface area contributed by atoms with Crippen LogP contribution in [0, 0.1) is 0 Å². The molecule has 0 spiro atoms. The van der Waals surface area contributed by atoms with Gasteiger partial charge in [-0.05, 0) is 23.7 Å². The lowest BCUT2D eigenvalue weighted by atomic mass is 10.0. The standard InChI is InChI=1S/C20H30N2O4SSi/c1-19(2,3)28(6,7)26-14-27-20(13-15-11-9-8-10-12-15)18(25)21(4)16(23)17(24)22(20)5/h8-12H,13-14H2,1-7H3. The number of hydrogen-bond donors (Lipinski definition) is 0. The van der Waals surface area contributed by atoms with E-state index in [4.69, 9.17) is 4.43 Å². The Balaban J connectivity index is 2.35. The molecule has 0 aliphatic carbocycles. The van der Waals surface area contributed by atoms with Gasteiger partial charge in [-0.25, -0.2) is 0 Å². The zero-order chi connectivity index (χ0) is 21.3. The molecule has 1 saturated heterocycles. The van der Waals surface area contributed by atoms with E-state index >= 15 is 0 Å². The summed E-state index contributed by atoms with van der Waals surface area (Å²) in [5, 5.41) is 0.0329. The van der Waals surface area contributed by atoms with Gasteiger partial charge in [0.15, 0.2) is 13.2 Å². The summed E-state index contributed by atoms with van der Waals surface area (Å²) in [5.74, 6) is -1.61. The SMILES string of the molecule is CN1C(=O)C(=O)N(C)C(Cc2ccccc2)(SCO[Si](C)(C)C(C)(C)C)C1=O. The lowest BCUT2D eigenvalue weighted by Gasteiger charge is -2.45. The Morgan fingerprint density at radius 1 is 1.04 bits per heavy atom. The molecule has 0 N–H and O–H groups in total. The molecule has 0 radical (unpaired) electrons. The maximum absolute atomic E-state index is 13.2. The van der Waals surface area contributed by atoms with Crippen molar-refractivity contribution in [2.75, 3.05) is 20.0 Å². The van der Waals surface area contributed by atoms with Crippen molar-refractivity contribution in [2.24, 2.45) is 0 Å². The second-order valence-electron chi connectivity index (χ2n) is 8.65. The number of amides is 3. The number of piperazine rings is 1. The Morgan fingerprint density at radius 2 is 1.61 bits per heavy atom. The number of nitrogens with zero attached hydrogens (tertiary/aromatic N) is 2. The summed E-state index contributed by atoms with van der Waals surface area (Å²) in [6.07, 6.45) is 0.304. The van der Waals surface area contributed by atoms with Crippen molar-refractivity contribution in [1.82, 2.24) is 9.80 Å². The largest absolute Gasteiger partial charge is 0.408 e. The minimum absolute atomic E-state index is 0.0329. The van der Waals surface area contributed by atoms with Gasteiger partial charge in [0.1, 0.15) is 0 Å². The molecule has 6 nitrogen and oxygen atoms in total. The van der Waals surface area contributed by atoms with Crippen LogP contribution in [0.2, 0.25) is 18.1 Å². The number of rotatable bonds is 6. The van der Waals surface area contributed by atoms with E-state index in [1.54, 1.807) is 0 Å². The summed E-state index contributed by atoms with van der Waals surface area (Å²) in [6, 6.07) is 9.52. The van der Waals surface area contributed by atoms with Gasteiger partial charge in [-0.1, -0.05) is 62.9 Å². The van der Waals surface area contributed by atoms with Crippen LogP contribution in [0.5, 0.6) is 0 Å². The Labute approximate surface area is 172 Å². The summed E-state index contributed by atoms with van der Waals surface area (Å²) < 4.78 is 6.26. The molecule has 0 saturated carbocycles. The zero-order valence-corrected chi connectivity index (χ0v) is 19.6. The normalized spacial score (nSPS) is 21.5. The Hall–Kier alpha value is -1.64. The van der Waals surface area contributed by atoms with Crippen LogP contribution >= 0.6 is 11.8 Å². The van der Waals surface area contributed by atoms with E-state index in [9.17, 15) is 14.4 Å². The van der Waals surface area contributed by atoms with Gasteiger partial charge in [0, 0.05) is 20.5 Å². The third kappa shape index (κ3) is 4.18. The molecule has 1 aliphatic heterocycles. The van der Waals surface area contributed by atoms with Crippen LogP contribution in [-0.4, -0.2) is 60.7 Å². The summed E-state index contributed by atoms with van der Waals surface area (Å²) in [7, 11) is 0.865. The minimum Gasteiger partial charge on any atom is -0.408 e. The van der Waals surface area contributed by atoms with Crippen molar-refractivity contribution in [3.8, 4) is 0 Å². The van der Waals surface area contributed by atoms with Crippen LogP contribution in [0.1, 0.15) is 26.3 Å². The molecule has 1 aromatic carbocycles. The topological polar surface area (TPSA) is 66.9 Å². The molecule has 1 aromatic rings. The van der Waals surface area contributed by atoms with E-state index in [2.05, 4.69) is 33.9 Å². The summed E-state index contributed by atoms with van der Waals surface area (Å²) in [5.41, 5.74) is 0.915.